The number of thioether (sulfide) groups is 1. The highest BCUT2D eigenvalue weighted by molar-refractivity contribution is 7.98. The Kier molecular flexibility index (Phi) is 5.37. The minimum atomic E-state index is -0.106. The molecule has 4 aromatic rings. The quantitative estimate of drug-likeness (QED) is 0.330. The summed E-state index contributed by atoms with van der Waals surface area (Å²) in [6, 6.07) is 22.5. The maximum atomic E-state index is 13.2. The molecule has 0 atom stereocenters. The minimum Gasteiger partial charge on any atom is -0.497 e. The summed E-state index contributed by atoms with van der Waals surface area (Å²) in [5.41, 5.74) is 2.40. The molecule has 0 radical (unpaired) electrons. The van der Waals surface area contributed by atoms with Crippen molar-refractivity contribution in [2.24, 2.45) is 0 Å². The Morgan fingerprint density at radius 2 is 1.82 bits per heavy atom. The average molecular weight is 409 g/mol. The molecule has 28 heavy (non-hydrogen) atoms. The fourth-order valence-corrected chi connectivity index (χ4v) is 4.07. The third-order valence-electron chi connectivity index (χ3n) is 4.34. The summed E-state index contributed by atoms with van der Waals surface area (Å²) in [5, 5.41) is 1.78. The first-order valence-corrected chi connectivity index (χ1v) is 10.1. The van der Waals surface area contributed by atoms with Gasteiger partial charge in [0.15, 0.2) is 5.16 Å². The van der Waals surface area contributed by atoms with Gasteiger partial charge in [-0.1, -0.05) is 53.7 Å². The molecule has 0 saturated heterocycles. The zero-order valence-corrected chi connectivity index (χ0v) is 16.7. The van der Waals surface area contributed by atoms with Crippen LogP contribution in [0.5, 0.6) is 5.75 Å². The predicted octanol–water partition coefficient (Wildman–Crippen LogP) is 5.34. The van der Waals surface area contributed by atoms with Crippen molar-refractivity contribution in [3.05, 3.63) is 93.7 Å². The third kappa shape index (κ3) is 3.77. The van der Waals surface area contributed by atoms with Crippen molar-refractivity contribution in [2.75, 3.05) is 7.11 Å². The molecule has 6 heteroatoms. The number of nitrogens with zero attached hydrogens (tertiary/aromatic N) is 2. The number of para-hydroxylation sites is 1. The van der Waals surface area contributed by atoms with E-state index in [4.69, 9.17) is 21.3 Å². The summed E-state index contributed by atoms with van der Waals surface area (Å²) < 4.78 is 6.83. The number of rotatable bonds is 5. The first-order chi connectivity index (χ1) is 13.7. The monoisotopic (exact) mass is 408 g/mol. The topological polar surface area (TPSA) is 44.1 Å². The van der Waals surface area contributed by atoms with Gasteiger partial charge in [0, 0.05) is 10.8 Å². The van der Waals surface area contributed by atoms with Crippen LogP contribution in [0.2, 0.25) is 5.02 Å². The Labute approximate surface area is 171 Å². The molecular weight excluding hydrogens is 392 g/mol. The molecule has 1 heterocycles. The van der Waals surface area contributed by atoms with Gasteiger partial charge >= 0.3 is 0 Å². The maximum Gasteiger partial charge on any atom is 0.266 e. The molecule has 4 rings (SSSR count). The van der Waals surface area contributed by atoms with Gasteiger partial charge in [0.05, 0.1) is 23.7 Å². The second kappa shape index (κ2) is 8.09. The van der Waals surface area contributed by atoms with E-state index in [1.807, 2.05) is 54.6 Å². The van der Waals surface area contributed by atoms with Crippen LogP contribution in [0.4, 0.5) is 0 Å². The van der Waals surface area contributed by atoms with Crippen molar-refractivity contribution < 1.29 is 4.74 Å². The number of halogens is 1. The van der Waals surface area contributed by atoms with E-state index in [0.717, 1.165) is 11.3 Å². The van der Waals surface area contributed by atoms with Gasteiger partial charge in [-0.25, -0.2) is 4.98 Å². The van der Waals surface area contributed by atoms with Crippen LogP contribution < -0.4 is 10.3 Å². The maximum absolute atomic E-state index is 13.2. The lowest BCUT2D eigenvalue weighted by Gasteiger charge is -2.13. The largest absolute Gasteiger partial charge is 0.497 e. The number of methoxy groups -OCH3 is 1. The zero-order chi connectivity index (χ0) is 19.5. The molecule has 140 valence electrons. The lowest BCUT2D eigenvalue weighted by atomic mass is 10.2. The highest BCUT2D eigenvalue weighted by Crippen LogP contribution is 2.26. The van der Waals surface area contributed by atoms with Crippen LogP contribution in [-0.4, -0.2) is 16.7 Å². The van der Waals surface area contributed by atoms with E-state index in [2.05, 4.69) is 0 Å². The number of ether oxygens (including phenoxy) is 1. The molecule has 0 amide bonds. The first-order valence-electron chi connectivity index (χ1n) is 8.69. The van der Waals surface area contributed by atoms with Crippen LogP contribution in [0.15, 0.2) is 82.7 Å². The van der Waals surface area contributed by atoms with E-state index in [-0.39, 0.29) is 5.56 Å². The Bertz CT molecular complexity index is 1190. The number of benzene rings is 3. The summed E-state index contributed by atoms with van der Waals surface area (Å²) in [6.45, 7) is 0. The summed E-state index contributed by atoms with van der Waals surface area (Å²) in [6.07, 6.45) is 0. The first kappa shape index (κ1) is 18.6. The fourth-order valence-electron chi connectivity index (χ4n) is 2.92. The Hall–Kier alpha value is -2.76. The van der Waals surface area contributed by atoms with Crippen molar-refractivity contribution in [3.63, 3.8) is 0 Å². The Morgan fingerprint density at radius 3 is 2.57 bits per heavy atom. The number of fused-ring (bicyclic) bond motifs is 1. The lowest BCUT2D eigenvalue weighted by molar-refractivity contribution is 0.414. The van der Waals surface area contributed by atoms with Crippen molar-refractivity contribution >= 4 is 34.3 Å². The van der Waals surface area contributed by atoms with Crippen LogP contribution in [-0.2, 0) is 5.75 Å². The van der Waals surface area contributed by atoms with Crippen molar-refractivity contribution in [2.45, 2.75) is 10.9 Å². The van der Waals surface area contributed by atoms with Gasteiger partial charge in [0.1, 0.15) is 5.75 Å². The van der Waals surface area contributed by atoms with Crippen LogP contribution >= 0.6 is 23.4 Å². The molecule has 1 aromatic heterocycles. The van der Waals surface area contributed by atoms with Gasteiger partial charge in [-0.05, 0) is 48.0 Å². The van der Waals surface area contributed by atoms with Gasteiger partial charge in [-0.2, -0.15) is 0 Å². The zero-order valence-electron chi connectivity index (χ0n) is 15.1. The van der Waals surface area contributed by atoms with Crippen LogP contribution in [0, 0.1) is 0 Å². The standard InChI is InChI=1S/C22H17ClN2O2S/c1-27-18-11-9-15(10-12-18)14-28-22-24-20-8-3-2-7-19(20)21(26)25(22)17-6-4-5-16(23)13-17/h2-13H,14H2,1H3. The van der Waals surface area contributed by atoms with E-state index < -0.39 is 0 Å². The third-order valence-corrected chi connectivity index (χ3v) is 5.58. The van der Waals surface area contributed by atoms with Crippen LogP contribution in [0.3, 0.4) is 0 Å². The fraction of sp³-hybridized carbons (Fsp3) is 0.0909. The Balaban J connectivity index is 1.79. The average Bonchev–Trinajstić information content (AvgIpc) is 2.73. The molecule has 0 N–H and O–H groups in total. The van der Waals surface area contributed by atoms with Crippen LogP contribution in [0.1, 0.15) is 5.56 Å². The Morgan fingerprint density at radius 1 is 1.04 bits per heavy atom. The van der Waals surface area contributed by atoms with Crippen LogP contribution in [0.25, 0.3) is 16.6 Å². The summed E-state index contributed by atoms with van der Waals surface area (Å²) in [5.74, 6) is 1.49. The normalized spacial score (nSPS) is 10.9. The molecular formula is C22H17ClN2O2S. The molecule has 0 saturated carbocycles. The van der Waals surface area contributed by atoms with E-state index in [9.17, 15) is 4.79 Å². The molecule has 0 fully saturated rings. The molecule has 0 aliphatic rings. The minimum absolute atomic E-state index is 0.106. The number of aromatic nitrogens is 2. The van der Waals surface area contributed by atoms with E-state index in [1.54, 1.807) is 29.9 Å². The summed E-state index contributed by atoms with van der Waals surface area (Å²) in [7, 11) is 1.65. The number of hydrogen-bond donors (Lipinski definition) is 0. The molecule has 0 bridgehead atoms. The highest BCUT2D eigenvalue weighted by Gasteiger charge is 2.13. The second-order valence-electron chi connectivity index (χ2n) is 6.17. The summed E-state index contributed by atoms with van der Waals surface area (Å²) >= 11 is 7.68. The molecule has 0 aliphatic heterocycles. The van der Waals surface area contributed by atoms with Gasteiger partial charge in [-0.3, -0.25) is 9.36 Å². The molecule has 4 nitrogen and oxygen atoms in total. The smallest absolute Gasteiger partial charge is 0.266 e. The van der Waals surface area contributed by atoms with Gasteiger partial charge in [0.2, 0.25) is 0 Å². The van der Waals surface area contributed by atoms with Crippen molar-refractivity contribution in [3.8, 4) is 11.4 Å². The predicted molar refractivity (Wildman–Crippen MR) is 115 cm³/mol. The molecule has 0 unspecified atom stereocenters. The van der Waals surface area contributed by atoms with E-state index in [1.165, 1.54) is 11.8 Å². The molecule has 0 spiro atoms. The van der Waals surface area contributed by atoms with E-state index in [0.29, 0.717) is 32.5 Å². The van der Waals surface area contributed by atoms with Gasteiger partial charge in [0.25, 0.3) is 5.56 Å². The number of hydrogen-bond acceptors (Lipinski definition) is 4. The SMILES string of the molecule is COc1ccc(CSc2nc3ccccc3c(=O)n2-c2cccc(Cl)c2)cc1. The highest BCUT2D eigenvalue weighted by atomic mass is 35.5. The summed E-state index contributed by atoms with van der Waals surface area (Å²) in [4.78, 5) is 18.0. The van der Waals surface area contributed by atoms with E-state index >= 15 is 0 Å². The molecule has 3 aromatic carbocycles. The molecule has 0 aliphatic carbocycles. The van der Waals surface area contributed by atoms with Crippen molar-refractivity contribution in [1.29, 1.82) is 0 Å². The van der Waals surface area contributed by atoms with Gasteiger partial charge in [-0.15, -0.1) is 0 Å². The van der Waals surface area contributed by atoms with Crippen molar-refractivity contribution in [1.82, 2.24) is 9.55 Å². The van der Waals surface area contributed by atoms with Gasteiger partial charge < -0.3 is 4.74 Å². The second-order valence-corrected chi connectivity index (χ2v) is 7.55. The lowest BCUT2D eigenvalue weighted by Crippen LogP contribution is -2.21.